The first-order chi connectivity index (χ1) is 11.4. The number of carbonyl (C=O) groups is 1. The highest BCUT2D eigenvalue weighted by Gasteiger charge is 2.35. The molecule has 0 saturated heterocycles. The van der Waals surface area contributed by atoms with Crippen molar-refractivity contribution in [3.8, 4) is 0 Å². The molecular weight excluding hydrogens is 354 g/mol. The van der Waals surface area contributed by atoms with Crippen molar-refractivity contribution >= 4 is 46.4 Å². The number of halogens is 2. The number of nitrogens with two attached hydrogens (primary N) is 1. The van der Waals surface area contributed by atoms with Gasteiger partial charge in [0.25, 0.3) is 13.3 Å². The average Bonchev–Trinajstić information content (AvgIpc) is 2.94. The van der Waals surface area contributed by atoms with E-state index in [9.17, 15) is 13.8 Å². The highest BCUT2D eigenvalue weighted by Crippen LogP contribution is 2.47. The molecule has 1 heterocycles. The number of carbonyl (C=O) groups excluding carboxylic acids is 1. The summed E-state index contributed by atoms with van der Waals surface area (Å²) in [5.41, 5.74) is 5.95. The Morgan fingerprint density at radius 3 is 2.50 bits per heavy atom. The van der Waals surface area contributed by atoms with E-state index in [4.69, 9.17) is 21.9 Å². The first-order valence-corrected chi connectivity index (χ1v) is 8.90. The lowest BCUT2D eigenvalue weighted by molar-refractivity contribution is 0.0997. The zero-order chi connectivity index (χ0) is 17.5. The van der Waals surface area contributed by atoms with E-state index in [1.807, 2.05) is 0 Å². The summed E-state index contributed by atoms with van der Waals surface area (Å²) >= 11 is 6.03. The van der Waals surface area contributed by atoms with Crippen LogP contribution in [0.3, 0.4) is 0 Å². The number of nitrogens with one attached hydrogen (secondary N) is 1. The molecule has 1 unspecified atom stereocenters. The van der Waals surface area contributed by atoms with E-state index in [1.165, 1.54) is 31.4 Å². The van der Waals surface area contributed by atoms with E-state index in [0.717, 1.165) is 0 Å². The molecule has 0 aliphatic heterocycles. The first kappa shape index (κ1) is 16.7. The minimum Gasteiger partial charge on any atom is -0.364 e. The Hall–Kier alpha value is -2.14. The van der Waals surface area contributed by atoms with Gasteiger partial charge in [0.1, 0.15) is 11.5 Å². The molecule has 1 atom stereocenters. The molecule has 24 heavy (non-hydrogen) atoms. The summed E-state index contributed by atoms with van der Waals surface area (Å²) in [6.45, 7) is 0. The Morgan fingerprint density at radius 1 is 1.25 bits per heavy atom. The monoisotopic (exact) mass is 366 g/mol. The largest absolute Gasteiger partial charge is 0.364 e. The van der Waals surface area contributed by atoms with Gasteiger partial charge in [-0.3, -0.25) is 9.36 Å². The first-order valence-electron chi connectivity index (χ1n) is 6.90. The van der Waals surface area contributed by atoms with E-state index in [2.05, 4.69) is 4.98 Å². The standard InChI is InChI=1S/C16H13ClFN2O3P/c1-23-24(22,11-5-3-10(18)4-6-11)15-12-8-9(17)2-7-13(12)20-14(15)16(19)21/h2-8,20H,1H3,(H2,19,21). The van der Waals surface area contributed by atoms with Gasteiger partial charge in [0.2, 0.25) is 0 Å². The van der Waals surface area contributed by atoms with Crippen LogP contribution in [-0.2, 0) is 9.09 Å². The maximum absolute atomic E-state index is 13.6. The Bertz CT molecular complexity index is 985. The second kappa shape index (κ2) is 6.06. The third-order valence-corrected chi connectivity index (χ3v) is 6.48. The molecule has 0 bridgehead atoms. The van der Waals surface area contributed by atoms with E-state index in [1.54, 1.807) is 18.2 Å². The number of hydrogen-bond acceptors (Lipinski definition) is 3. The number of primary amides is 1. The molecule has 5 nitrogen and oxygen atoms in total. The molecule has 0 fully saturated rings. The molecule has 1 aromatic heterocycles. The molecule has 124 valence electrons. The van der Waals surface area contributed by atoms with Crippen LogP contribution in [0, 0.1) is 5.82 Å². The summed E-state index contributed by atoms with van der Waals surface area (Å²) in [6.07, 6.45) is 0. The number of aromatic amines is 1. The molecule has 1 amide bonds. The van der Waals surface area contributed by atoms with E-state index < -0.39 is 19.1 Å². The van der Waals surface area contributed by atoms with Gasteiger partial charge in [-0.2, -0.15) is 0 Å². The zero-order valence-electron chi connectivity index (χ0n) is 12.5. The average molecular weight is 367 g/mol. The lowest BCUT2D eigenvalue weighted by atomic mass is 10.2. The number of fused-ring (bicyclic) bond motifs is 1. The van der Waals surface area contributed by atoms with E-state index >= 15 is 0 Å². The molecular formula is C16H13ClFN2O3P. The molecule has 8 heteroatoms. The van der Waals surface area contributed by atoms with Crippen LogP contribution in [0.5, 0.6) is 0 Å². The SMILES string of the molecule is COP(=O)(c1ccc(F)cc1)c1c(C(N)=O)[nH]c2ccc(Cl)cc12. The zero-order valence-corrected chi connectivity index (χ0v) is 14.2. The van der Waals surface area contributed by atoms with Crippen LogP contribution >= 0.6 is 19.0 Å². The quantitative estimate of drug-likeness (QED) is 0.696. The van der Waals surface area contributed by atoms with Gasteiger partial charge in [0, 0.05) is 28.3 Å². The van der Waals surface area contributed by atoms with Gasteiger partial charge in [-0.25, -0.2) is 4.39 Å². The van der Waals surface area contributed by atoms with Crippen LogP contribution in [0.1, 0.15) is 10.5 Å². The summed E-state index contributed by atoms with van der Waals surface area (Å²) in [4.78, 5) is 14.7. The highest BCUT2D eigenvalue weighted by molar-refractivity contribution is 7.75. The number of H-pyrrole nitrogens is 1. The van der Waals surface area contributed by atoms with Crippen LogP contribution in [-0.4, -0.2) is 18.0 Å². The fraction of sp³-hybridized carbons (Fsp3) is 0.0625. The Morgan fingerprint density at radius 2 is 1.92 bits per heavy atom. The van der Waals surface area contributed by atoms with E-state index in [-0.39, 0.29) is 16.3 Å². The van der Waals surface area contributed by atoms with Crippen molar-refractivity contribution in [1.29, 1.82) is 0 Å². The number of hydrogen-bond donors (Lipinski definition) is 2. The highest BCUT2D eigenvalue weighted by atomic mass is 35.5. The molecule has 0 aliphatic carbocycles. The summed E-state index contributed by atoms with van der Waals surface area (Å²) < 4.78 is 32.1. The summed E-state index contributed by atoms with van der Waals surface area (Å²) in [5, 5.41) is 1.24. The minimum atomic E-state index is -3.69. The van der Waals surface area contributed by atoms with Crippen LogP contribution in [0.4, 0.5) is 4.39 Å². The maximum Gasteiger partial charge on any atom is 0.266 e. The molecule has 0 spiro atoms. The fourth-order valence-electron chi connectivity index (χ4n) is 2.60. The smallest absolute Gasteiger partial charge is 0.266 e. The van der Waals surface area contributed by atoms with Crippen LogP contribution in [0.2, 0.25) is 5.02 Å². The normalized spacial score (nSPS) is 13.8. The van der Waals surface area contributed by atoms with Gasteiger partial charge in [-0.15, -0.1) is 0 Å². The van der Waals surface area contributed by atoms with Crippen molar-refractivity contribution < 1.29 is 18.3 Å². The Labute approximate surface area is 142 Å². The number of aromatic nitrogens is 1. The molecule has 2 aromatic carbocycles. The Balaban J connectivity index is 2.38. The Kier molecular flexibility index (Phi) is 4.22. The second-order valence-electron chi connectivity index (χ2n) is 5.11. The van der Waals surface area contributed by atoms with Crippen molar-refractivity contribution in [3.05, 3.63) is 59.0 Å². The summed E-state index contributed by atoms with van der Waals surface area (Å²) in [7, 11) is -2.43. The molecule has 3 rings (SSSR count). The fourth-order valence-corrected chi connectivity index (χ4v) is 4.93. The van der Waals surface area contributed by atoms with Crippen LogP contribution in [0.15, 0.2) is 42.5 Å². The predicted molar refractivity (Wildman–Crippen MR) is 92.1 cm³/mol. The van der Waals surface area contributed by atoms with Crippen molar-refractivity contribution in [2.45, 2.75) is 0 Å². The van der Waals surface area contributed by atoms with Gasteiger partial charge in [-0.1, -0.05) is 11.6 Å². The predicted octanol–water partition coefficient (Wildman–Crippen LogP) is 2.93. The van der Waals surface area contributed by atoms with Crippen molar-refractivity contribution in [1.82, 2.24) is 4.98 Å². The van der Waals surface area contributed by atoms with Crippen molar-refractivity contribution in [3.63, 3.8) is 0 Å². The lowest BCUT2D eigenvalue weighted by Gasteiger charge is -2.17. The molecule has 0 saturated carbocycles. The number of rotatable bonds is 4. The van der Waals surface area contributed by atoms with Crippen LogP contribution < -0.4 is 16.3 Å². The molecule has 3 aromatic rings. The molecule has 0 radical (unpaired) electrons. The van der Waals surface area contributed by atoms with Gasteiger partial charge in [0.15, 0.2) is 0 Å². The molecule has 3 N–H and O–H groups in total. The third-order valence-electron chi connectivity index (χ3n) is 3.70. The molecule has 0 aliphatic rings. The van der Waals surface area contributed by atoms with E-state index in [0.29, 0.717) is 15.9 Å². The minimum absolute atomic E-state index is 0.0261. The van der Waals surface area contributed by atoms with Gasteiger partial charge in [0.05, 0.1) is 5.30 Å². The lowest BCUT2D eigenvalue weighted by Crippen LogP contribution is -2.25. The summed E-state index contributed by atoms with van der Waals surface area (Å²) in [6, 6.07) is 9.91. The summed E-state index contributed by atoms with van der Waals surface area (Å²) in [5.74, 6) is -1.25. The van der Waals surface area contributed by atoms with Gasteiger partial charge in [-0.05, 0) is 42.5 Å². The topological polar surface area (TPSA) is 85.2 Å². The van der Waals surface area contributed by atoms with Gasteiger partial charge < -0.3 is 15.2 Å². The van der Waals surface area contributed by atoms with Gasteiger partial charge >= 0.3 is 0 Å². The van der Waals surface area contributed by atoms with Crippen LogP contribution in [0.25, 0.3) is 10.9 Å². The second-order valence-corrected chi connectivity index (χ2v) is 7.98. The number of benzene rings is 2. The maximum atomic E-state index is 13.6. The van der Waals surface area contributed by atoms with Crippen molar-refractivity contribution in [2.75, 3.05) is 7.11 Å². The third kappa shape index (κ3) is 2.63. The van der Waals surface area contributed by atoms with Crippen molar-refractivity contribution in [2.24, 2.45) is 5.73 Å². The number of amides is 1.